The summed E-state index contributed by atoms with van der Waals surface area (Å²) in [7, 11) is 0. The largest absolute Gasteiger partial charge is 0.444 e. The first-order chi connectivity index (χ1) is 22.2. The van der Waals surface area contributed by atoms with Crippen LogP contribution in [0.1, 0.15) is 76.9 Å². The lowest BCUT2D eigenvalue weighted by atomic mass is 9.91. The fourth-order valence-corrected chi connectivity index (χ4v) is 6.95. The van der Waals surface area contributed by atoms with Crippen molar-refractivity contribution in [1.29, 1.82) is 0 Å². The van der Waals surface area contributed by atoms with Gasteiger partial charge >= 0.3 is 6.09 Å². The summed E-state index contributed by atoms with van der Waals surface area (Å²) < 4.78 is 11.2. The van der Waals surface area contributed by atoms with Crippen molar-refractivity contribution >= 4 is 35.1 Å². The number of rotatable bonds is 8. The maximum atomic E-state index is 14.1. The van der Waals surface area contributed by atoms with Gasteiger partial charge in [0, 0.05) is 45.2 Å². The number of amides is 3. The number of thiazole rings is 1. The number of aliphatic hydroxyl groups is 1. The third kappa shape index (κ3) is 7.95. The fourth-order valence-electron chi connectivity index (χ4n) is 6.13. The van der Waals surface area contributed by atoms with Crippen LogP contribution in [0.15, 0.2) is 40.4 Å². The molecule has 12 nitrogen and oxygen atoms in total. The van der Waals surface area contributed by atoms with Crippen LogP contribution in [0, 0.1) is 12.8 Å². The van der Waals surface area contributed by atoms with Gasteiger partial charge in [-0.15, -0.1) is 11.3 Å². The quantitative estimate of drug-likeness (QED) is 0.349. The van der Waals surface area contributed by atoms with Gasteiger partial charge in [-0.25, -0.2) is 9.78 Å². The van der Waals surface area contributed by atoms with Crippen molar-refractivity contribution in [3.05, 3.63) is 52.9 Å². The van der Waals surface area contributed by atoms with Crippen molar-refractivity contribution in [3.63, 3.8) is 0 Å². The number of carbonyl (C=O) groups is 3. The summed E-state index contributed by atoms with van der Waals surface area (Å²) in [4.78, 5) is 50.7. The second kappa shape index (κ2) is 14.0. The molecule has 1 aromatic carbocycles. The Morgan fingerprint density at radius 3 is 2.36 bits per heavy atom. The highest BCUT2D eigenvalue weighted by molar-refractivity contribution is 7.13. The Labute approximate surface area is 280 Å². The maximum absolute atomic E-state index is 14.1. The molecular weight excluding hydrogens is 620 g/mol. The molecule has 3 aromatic rings. The molecule has 2 saturated heterocycles. The lowest BCUT2D eigenvalue weighted by Crippen LogP contribution is -2.50. The minimum Gasteiger partial charge on any atom is -0.444 e. The van der Waals surface area contributed by atoms with E-state index in [1.54, 1.807) is 22.3 Å². The molecule has 13 heteroatoms. The molecule has 0 saturated carbocycles. The van der Waals surface area contributed by atoms with E-state index in [4.69, 9.17) is 9.26 Å². The van der Waals surface area contributed by atoms with E-state index in [0.717, 1.165) is 21.7 Å². The zero-order valence-corrected chi connectivity index (χ0v) is 29.0. The Hall–Kier alpha value is -3.97. The number of hydrogen-bond acceptors (Lipinski definition) is 10. The van der Waals surface area contributed by atoms with E-state index < -0.39 is 23.7 Å². The average Bonchev–Trinajstić information content (AvgIpc) is 3.76. The molecule has 254 valence electrons. The number of β-amino-alcohol motifs (C(OH)–C–C–N with tert-alkyl or cyclic N) is 1. The molecular formula is C34H46N6O6S. The lowest BCUT2D eigenvalue weighted by Gasteiger charge is -2.35. The Balaban J connectivity index is 1.23. The van der Waals surface area contributed by atoms with Gasteiger partial charge < -0.3 is 34.4 Å². The van der Waals surface area contributed by atoms with Crippen molar-refractivity contribution < 1.29 is 28.8 Å². The van der Waals surface area contributed by atoms with Gasteiger partial charge in [-0.3, -0.25) is 9.59 Å². The summed E-state index contributed by atoms with van der Waals surface area (Å²) in [5, 5.41) is 17.9. The number of nitrogens with one attached hydrogen (secondary N) is 1. The Bertz CT molecular complexity index is 1560. The highest BCUT2D eigenvalue weighted by atomic mass is 32.1. The van der Waals surface area contributed by atoms with Gasteiger partial charge in [-0.1, -0.05) is 43.3 Å². The molecule has 2 aromatic heterocycles. The van der Waals surface area contributed by atoms with Crippen LogP contribution in [0.25, 0.3) is 10.4 Å². The monoisotopic (exact) mass is 666 g/mol. The van der Waals surface area contributed by atoms with Crippen LogP contribution in [0.2, 0.25) is 0 Å². The molecule has 0 bridgehead atoms. The molecule has 5 rings (SSSR count). The van der Waals surface area contributed by atoms with Gasteiger partial charge in [0.15, 0.2) is 11.6 Å². The summed E-state index contributed by atoms with van der Waals surface area (Å²) in [5.41, 5.74) is 4.24. The van der Waals surface area contributed by atoms with E-state index >= 15 is 0 Å². The predicted molar refractivity (Wildman–Crippen MR) is 179 cm³/mol. The first kappa shape index (κ1) is 34.4. The number of carbonyl (C=O) groups excluding carboxylic acids is 3. The van der Waals surface area contributed by atoms with Crippen molar-refractivity contribution in [2.45, 2.75) is 84.6 Å². The van der Waals surface area contributed by atoms with Crippen molar-refractivity contribution in [2.24, 2.45) is 5.92 Å². The van der Waals surface area contributed by atoms with Gasteiger partial charge in [0.25, 0.3) is 0 Å². The number of likely N-dealkylation sites (tertiary alicyclic amines) is 1. The first-order valence-electron chi connectivity index (χ1n) is 16.2. The predicted octanol–water partition coefficient (Wildman–Crippen LogP) is 4.74. The standard InChI is InChI=1S/C34H46N6O6S/c1-20(2)29(27-17-28(37-46-27)38-12-14-39(15-13-38)33(44)45-34(5,6)7)32(43)40-18-25(41)16-26(40)31(42)36-21(3)23-8-10-24(11-9-23)30-22(4)35-19-47-30/h8-11,17,19-21,25-26,29,41H,12-16,18H2,1-7H3,(H,36,42)/t21-,25+,26-,29+/m0/s1. The second-order valence-electron chi connectivity index (χ2n) is 13.8. The van der Waals surface area contributed by atoms with E-state index in [-0.39, 0.29) is 42.8 Å². The maximum Gasteiger partial charge on any atom is 0.410 e. The molecule has 0 unspecified atom stereocenters. The van der Waals surface area contributed by atoms with E-state index in [2.05, 4.69) is 15.5 Å². The van der Waals surface area contributed by atoms with E-state index in [9.17, 15) is 19.5 Å². The van der Waals surface area contributed by atoms with Gasteiger partial charge in [0.1, 0.15) is 17.6 Å². The normalized spacial score (nSPS) is 20.0. The Kier molecular flexibility index (Phi) is 10.3. The van der Waals surface area contributed by atoms with Gasteiger partial charge in [0.05, 0.1) is 28.2 Å². The number of nitrogens with zero attached hydrogens (tertiary/aromatic N) is 5. The minimum atomic E-state index is -0.816. The highest BCUT2D eigenvalue weighted by Gasteiger charge is 2.43. The number of benzene rings is 1. The third-order valence-corrected chi connectivity index (χ3v) is 9.63. The molecule has 4 heterocycles. The summed E-state index contributed by atoms with van der Waals surface area (Å²) in [6, 6.07) is 8.67. The first-order valence-corrected chi connectivity index (χ1v) is 17.1. The van der Waals surface area contributed by atoms with Crippen LogP contribution in [0.3, 0.4) is 0 Å². The van der Waals surface area contributed by atoms with Crippen LogP contribution in [-0.4, -0.2) is 93.4 Å². The average molecular weight is 667 g/mol. The summed E-state index contributed by atoms with van der Waals surface area (Å²) in [5.74, 6) is -0.462. The van der Waals surface area contributed by atoms with Crippen LogP contribution in [-0.2, 0) is 14.3 Å². The van der Waals surface area contributed by atoms with E-state index in [0.29, 0.717) is 37.8 Å². The molecule has 0 aliphatic carbocycles. The summed E-state index contributed by atoms with van der Waals surface area (Å²) >= 11 is 1.59. The number of anilines is 1. The van der Waals surface area contributed by atoms with Crippen LogP contribution < -0.4 is 10.2 Å². The molecule has 3 amide bonds. The van der Waals surface area contributed by atoms with Gasteiger partial charge in [-0.05, 0) is 51.7 Å². The number of aromatic nitrogens is 2. The molecule has 0 spiro atoms. The van der Waals surface area contributed by atoms with E-state index in [1.807, 2.05) is 83.1 Å². The second-order valence-corrected chi connectivity index (χ2v) is 14.6. The lowest BCUT2D eigenvalue weighted by molar-refractivity contribution is -0.141. The molecule has 2 fully saturated rings. The fraction of sp³-hybridized carbons (Fsp3) is 0.559. The van der Waals surface area contributed by atoms with Crippen molar-refractivity contribution in [1.82, 2.24) is 25.3 Å². The van der Waals surface area contributed by atoms with Crippen LogP contribution >= 0.6 is 11.3 Å². The van der Waals surface area contributed by atoms with E-state index in [1.165, 1.54) is 4.90 Å². The zero-order chi connectivity index (χ0) is 34.0. The smallest absolute Gasteiger partial charge is 0.410 e. The van der Waals surface area contributed by atoms with Crippen molar-refractivity contribution in [2.75, 3.05) is 37.6 Å². The molecule has 2 N–H and O–H groups in total. The Morgan fingerprint density at radius 1 is 1.09 bits per heavy atom. The summed E-state index contributed by atoms with van der Waals surface area (Å²) in [6.07, 6.45) is -1.00. The topological polar surface area (TPSA) is 141 Å². The number of aryl methyl sites for hydroxylation is 1. The molecule has 0 radical (unpaired) electrons. The Morgan fingerprint density at radius 2 is 1.77 bits per heavy atom. The number of piperazine rings is 1. The summed E-state index contributed by atoms with van der Waals surface area (Å²) in [6.45, 7) is 15.3. The molecule has 2 aliphatic rings. The highest BCUT2D eigenvalue weighted by Crippen LogP contribution is 2.33. The van der Waals surface area contributed by atoms with Gasteiger partial charge in [0.2, 0.25) is 11.8 Å². The number of hydrogen-bond donors (Lipinski definition) is 2. The van der Waals surface area contributed by atoms with Crippen LogP contribution in [0.5, 0.6) is 0 Å². The zero-order valence-electron chi connectivity index (χ0n) is 28.2. The number of ether oxygens (including phenoxy) is 1. The van der Waals surface area contributed by atoms with Crippen molar-refractivity contribution in [3.8, 4) is 10.4 Å². The minimum absolute atomic E-state index is 0.0606. The number of aliphatic hydroxyl groups excluding tert-OH is 1. The third-order valence-electron chi connectivity index (χ3n) is 8.65. The molecule has 47 heavy (non-hydrogen) atoms. The molecule has 2 aliphatic heterocycles. The molecule has 4 atom stereocenters. The van der Waals surface area contributed by atoms with Crippen LogP contribution in [0.4, 0.5) is 10.6 Å². The SMILES string of the molecule is Cc1ncsc1-c1ccc([C@H](C)NC(=O)[C@@H]2C[C@@H](O)CN2C(=O)[C@@H](c2cc(N3CCN(C(=O)OC(C)(C)C)CC3)no2)C(C)C)cc1. The van der Waals surface area contributed by atoms with Gasteiger partial charge in [-0.2, -0.15) is 0 Å².